The van der Waals surface area contributed by atoms with Gasteiger partial charge in [-0.2, -0.15) is 0 Å². The van der Waals surface area contributed by atoms with Gasteiger partial charge in [0.05, 0.1) is 6.54 Å². The minimum absolute atomic E-state index is 0.0976. The Hall–Kier alpha value is -2.04. The number of amides is 2. The van der Waals surface area contributed by atoms with E-state index in [1.54, 1.807) is 0 Å². The summed E-state index contributed by atoms with van der Waals surface area (Å²) in [6, 6.07) is 5.70. The number of nitrogens with one attached hydrogen (secondary N) is 1. The van der Waals surface area contributed by atoms with Crippen molar-refractivity contribution >= 4 is 17.5 Å². The number of carbonyl (C=O) groups excluding carboxylic acids is 2. The van der Waals surface area contributed by atoms with E-state index in [2.05, 4.69) is 5.32 Å². The van der Waals surface area contributed by atoms with E-state index in [4.69, 9.17) is 4.74 Å². The van der Waals surface area contributed by atoms with E-state index >= 15 is 0 Å². The highest BCUT2D eigenvalue weighted by Crippen LogP contribution is 2.34. The van der Waals surface area contributed by atoms with Gasteiger partial charge in [-0.25, -0.2) is 0 Å². The molecule has 1 aromatic carbocycles. The average Bonchev–Trinajstić information content (AvgIpc) is 3.41. The van der Waals surface area contributed by atoms with Gasteiger partial charge >= 0.3 is 0 Å². The summed E-state index contributed by atoms with van der Waals surface area (Å²) in [5, 5.41) is 2.96. The Morgan fingerprint density at radius 1 is 1.14 bits per heavy atom. The monoisotopic (exact) mass is 300 g/mol. The fourth-order valence-electron chi connectivity index (χ4n) is 2.84. The third-order valence-electron chi connectivity index (χ3n) is 4.49. The quantitative estimate of drug-likeness (QED) is 0.930. The standard InChI is InChI=1S/C17H20N2O3/c20-16(11-1-2-11)18-14-5-6-15-13(9-14)10-19(7-8-22-15)17(21)12-3-4-12/h5-6,9,11-12H,1-4,7-8,10H2,(H,18,20). The summed E-state index contributed by atoms with van der Waals surface area (Å²) in [5.74, 6) is 1.56. The van der Waals surface area contributed by atoms with Gasteiger partial charge in [0.2, 0.25) is 11.8 Å². The molecule has 0 spiro atoms. The lowest BCUT2D eigenvalue weighted by molar-refractivity contribution is -0.133. The van der Waals surface area contributed by atoms with Crippen LogP contribution in [-0.2, 0) is 16.1 Å². The minimum atomic E-state index is 0.0976. The molecule has 0 atom stereocenters. The van der Waals surface area contributed by atoms with Gasteiger partial charge < -0.3 is 15.0 Å². The number of fused-ring (bicyclic) bond motifs is 1. The first-order valence-electron chi connectivity index (χ1n) is 8.06. The third kappa shape index (κ3) is 2.80. The van der Waals surface area contributed by atoms with Gasteiger partial charge in [-0.1, -0.05) is 0 Å². The van der Waals surface area contributed by atoms with Gasteiger partial charge in [0, 0.05) is 29.6 Å². The maximum Gasteiger partial charge on any atom is 0.227 e. The molecule has 1 N–H and O–H groups in total. The third-order valence-corrected chi connectivity index (χ3v) is 4.49. The lowest BCUT2D eigenvalue weighted by atomic mass is 10.1. The molecular formula is C17H20N2O3. The molecule has 0 saturated heterocycles. The Kier molecular flexibility index (Phi) is 3.28. The van der Waals surface area contributed by atoms with Crippen molar-refractivity contribution in [1.29, 1.82) is 0 Å². The molecule has 2 amide bonds. The summed E-state index contributed by atoms with van der Waals surface area (Å²) in [5.41, 5.74) is 1.76. The molecule has 116 valence electrons. The van der Waals surface area contributed by atoms with E-state index in [0.29, 0.717) is 19.7 Å². The van der Waals surface area contributed by atoms with Crippen molar-refractivity contribution in [2.24, 2.45) is 11.8 Å². The zero-order valence-corrected chi connectivity index (χ0v) is 12.5. The van der Waals surface area contributed by atoms with Crippen molar-refractivity contribution in [3.05, 3.63) is 23.8 Å². The number of hydrogen-bond donors (Lipinski definition) is 1. The number of benzene rings is 1. The number of ether oxygens (including phenoxy) is 1. The van der Waals surface area contributed by atoms with Crippen molar-refractivity contribution in [3.63, 3.8) is 0 Å². The highest BCUT2D eigenvalue weighted by atomic mass is 16.5. The number of rotatable bonds is 3. The lowest BCUT2D eigenvalue weighted by Gasteiger charge is -2.19. The molecule has 2 aliphatic carbocycles. The van der Waals surface area contributed by atoms with E-state index < -0.39 is 0 Å². The Morgan fingerprint density at radius 2 is 1.91 bits per heavy atom. The van der Waals surface area contributed by atoms with Crippen molar-refractivity contribution in [2.45, 2.75) is 32.2 Å². The Labute approximate surface area is 129 Å². The van der Waals surface area contributed by atoms with Crippen molar-refractivity contribution in [1.82, 2.24) is 4.90 Å². The summed E-state index contributed by atoms with van der Waals surface area (Å²) in [6.07, 6.45) is 4.01. The van der Waals surface area contributed by atoms with Crippen LogP contribution in [0.5, 0.6) is 5.75 Å². The normalized spacial score (nSPS) is 20.6. The molecule has 1 aromatic rings. The molecule has 22 heavy (non-hydrogen) atoms. The van der Waals surface area contributed by atoms with Gasteiger partial charge in [-0.05, 0) is 43.9 Å². The van der Waals surface area contributed by atoms with Crippen LogP contribution in [0.4, 0.5) is 5.69 Å². The Balaban J connectivity index is 1.52. The van der Waals surface area contributed by atoms with Crippen LogP contribution in [0.3, 0.4) is 0 Å². The zero-order valence-electron chi connectivity index (χ0n) is 12.5. The lowest BCUT2D eigenvalue weighted by Crippen LogP contribution is -2.33. The van der Waals surface area contributed by atoms with Crippen LogP contribution in [0.2, 0.25) is 0 Å². The van der Waals surface area contributed by atoms with Gasteiger partial charge in [-0.3, -0.25) is 9.59 Å². The Morgan fingerprint density at radius 3 is 2.64 bits per heavy atom. The zero-order chi connectivity index (χ0) is 15.1. The summed E-state index contributed by atoms with van der Waals surface area (Å²) in [4.78, 5) is 26.0. The van der Waals surface area contributed by atoms with Gasteiger partial charge in [0.25, 0.3) is 0 Å². The molecule has 0 radical (unpaired) electrons. The number of nitrogens with zero attached hydrogens (tertiary/aromatic N) is 1. The first kappa shape index (κ1) is 13.6. The van der Waals surface area contributed by atoms with Crippen molar-refractivity contribution in [3.8, 4) is 5.75 Å². The molecule has 0 aromatic heterocycles. The van der Waals surface area contributed by atoms with Crippen molar-refractivity contribution in [2.75, 3.05) is 18.5 Å². The smallest absolute Gasteiger partial charge is 0.227 e. The van der Waals surface area contributed by atoms with E-state index in [9.17, 15) is 9.59 Å². The SMILES string of the molecule is O=C(Nc1ccc2c(c1)CN(C(=O)C1CC1)CCO2)C1CC1. The highest BCUT2D eigenvalue weighted by Gasteiger charge is 2.34. The van der Waals surface area contributed by atoms with E-state index in [0.717, 1.165) is 42.7 Å². The van der Waals surface area contributed by atoms with Gasteiger partial charge in [0.1, 0.15) is 12.4 Å². The van der Waals surface area contributed by atoms with Crippen LogP contribution in [-0.4, -0.2) is 29.9 Å². The molecule has 1 heterocycles. The predicted octanol–water partition coefficient (Wildman–Crippen LogP) is 2.17. The fourth-order valence-corrected chi connectivity index (χ4v) is 2.84. The summed E-state index contributed by atoms with van der Waals surface area (Å²) in [6.45, 7) is 1.73. The molecule has 5 heteroatoms. The van der Waals surface area contributed by atoms with Crippen LogP contribution >= 0.6 is 0 Å². The molecule has 0 bridgehead atoms. The fraction of sp³-hybridized carbons (Fsp3) is 0.529. The van der Waals surface area contributed by atoms with Gasteiger partial charge in [-0.15, -0.1) is 0 Å². The first-order valence-corrected chi connectivity index (χ1v) is 8.06. The second kappa shape index (κ2) is 5.30. The van der Waals surface area contributed by atoms with E-state index in [1.165, 1.54) is 0 Å². The summed E-state index contributed by atoms with van der Waals surface area (Å²) < 4.78 is 5.74. The molecule has 4 rings (SSSR count). The molecule has 1 aliphatic heterocycles. The largest absolute Gasteiger partial charge is 0.491 e. The molecule has 2 fully saturated rings. The topological polar surface area (TPSA) is 58.6 Å². The molecule has 2 saturated carbocycles. The maximum atomic E-state index is 12.3. The van der Waals surface area contributed by atoms with Gasteiger partial charge in [0.15, 0.2) is 0 Å². The second-order valence-electron chi connectivity index (χ2n) is 6.47. The summed E-state index contributed by atoms with van der Waals surface area (Å²) in [7, 11) is 0. The van der Waals surface area contributed by atoms with Crippen LogP contribution in [0, 0.1) is 11.8 Å². The number of carbonyl (C=O) groups is 2. The molecule has 5 nitrogen and oxygen atoms in total. The average molecular weight is 300 g/mol. The first-order chi connectivity index (χ1) is 10.7. The number of hydrogen-bond acceptors (Lipinski definition) is 3. The summed E-state index contributed by atoms with van der Waals surface area (Å²) >= 11 is 0. The van der Waals surface area contributed by atoms with Crippen LogP contribution < -0.4 is 10.1 Å². The minimum Gasteiger partial charge on any atom is -0.491 e. The van der Waals surface area contributed by atoms with Crippen LogP contribution in [0.1, 0.15) is 31.2 Å². The van der Waals surface area contributed by atoms with Crippen LogP contribution in [0.25, 0.3) is 0 Å². The van der Waals surface area contributed by atoms with Crippen LogP contribution in [0.15, 0.2) is 18.2 Å². The van der Waals surface area contributed by atoms with E-state index in [1.807, 2.05) is 23.1 Å². The maximum absolute atomic E-state index is 12.3. The highest BCUT2D eigenvalue weighted by molar-refractivity contribution is 5.94. The van der Waals surface area contributed by atoms with Crippen molar-refractivity contribution < 1.29 is 14.3 Å². The van der Waals surface area contributed by atoms with E-state index in [-0.39, 0.29) is 23.7 Å². The molecular weight excluding hydrogens is 280 g/mol. The molecule has 3 aliphatic rings. The molecule has 0 unspecified atom stereocenters. The second-order valence-corrected chi connectivity index (χ2v) is 6.47. The Bertz CT molecular complexity index is 620. The number of anilines is 1. The predicted molar refractivity (Wildman–Crippen MR) is 81.4 cm³/mol.